The van der Waals surface area contributed by atoms with Gasteiger partial charge in [-0.2, -0.15) is 0 Å². The number of aliphatic imine (C=N–C) groups is 1. The minimum atomic E-state index is -0.395. The number of guanidine groups is 1. The lowest BCUT2D eigenvalue weighted by molar-refractivity contribution is 0.0977. The highest BCUT2D eigenvalue weighted by atomic mass is 32.2. The lowest BCUT2D eigenvalue weighted by Crippen LogP contribution is -2.43. The van der Waals surface area contributed by atoms with E-state index in [0.717, 1.165) is 5.69 Å². The topological polar surface area (TPSA) is 107 Å². The number of rotatable bonds is 2. The first kappa shape index (κ1) is 17.5. The molecule has 0 bridgehead atoms. The zero-order valence-electron chi connectivity index (χ0n) is 14.6. The summed E-state index contributed by atoms with van der Waals surface area (Å²) >= 11 is 1.51. The molecule has 0 radical (unpaired) electrons. The molecule has 8 heteroatoms. The van der Waals surface area contributed by atoms with Crippen LogP contribution in [0.5, 0.6) is 0 Å². The van der Waals surface area contributed by atoms with E-state index in [0.29, 0.717) is 30.4 Å². The van der Waals surface area contributed by atoms with Crippen molar-refractivity contribution in [3.8, 4) is 0 Å². The summed E-state index contributed by atoms with van der Waals surface area (Å²) in [5.74, 6) is 0.0340. The monoisotopic (exact) mass is 380 g/mol. The number of hydrogen-bond acceptors (Lipinski definition) is 5. The molecule has 1 aromatic heterocycles. The number of nitrogens with two attached hydrogens (primary N) is 1. The van der Waals surface area contributed by atoms with E-state index in [4.69, 9.17) is 11.1 Å². The fourth-order valence-electron chi connectivity index (χ4n) is 3.57. The van der Waals surface area contributed by atoms with Crippen LogP contribution in [-0.4, -0.2) is 46.6 Å². The summed E-state index contributed by atoms with van der Waals surface area (Å²) in [6, 6.07) is 14.9. The number of carbonyl (C=O) groups excluding carboxylic acids is 1. The highest BCUT2D eigenvalue weighted by Crippen LogP contribution is 2.49. The standard InChI is InChI=1S/C19H20N6OS/c20-17(21)25-11-14-10-23-18(24-16(26)13-6-2-1-3-7-13)27-19(14,12-25)15-8-4-5-9-22-15/h1-9,14H,10-12H2,(H3,20,21)(H,23,24,26)/t14-,19-/m0/s1. The van der Waals surface area contributed by atoms with Crippen molar-refractivity contribution in [3.63, 3.8) is 0 Å². The van der Waals surface area contributed by atoms with Crippen molar-refractivity contribution in [1.29, 1.82) is 5.41 Å². The summed E-state index contributed by atoms with van der Waals surface area (Å²) in [5, 5.41) is 11.3. The predicted octanol–water partition coefficient (Wildman–Crippen LogP) is 1.63. The van der Waals surface area contributed by atoms with E-state index in [1.54, 1.807) is 18.3 Å². The van der Waals surface area contributed by atoms with Crippen molar-refractivity contribution >= 4 is 28.8 Å². The van der Waals surface area contributed by atoms with Gasteiger partial charge in [-0.05, 0) is 24.3 Å². The molecule has 2 aliphatic heterocycles. The molecule has 1 saturated heterocycles. The molecule has 0 saturated carbocycles. The van der Waals surface area contributed by atoms with Gasteiger partial charge < -0.3 is 16.0 Å². The first-order valence-corrected chi connectivity index (χ1v) is 9.50. The number of amides is 1. The molecule has 0 unspecified atom stereocenters. The molecule has 3 heterocycles. The van der Waals surface area contributed by atoms with Gasteiger partial charge in [0.25, 0.3) is 5.91 Å². The molecule has 138 valence electrons. The van der Waals surface area contributed by atoms with Crippen molar-refractivity contribution in [2.75, 3.05) is 19.6 Å². The second-order valence-electron chi connectivity index (χ2n) is 6.64. The summed E-state index contributed by atoms with van der Waals surface area (Å²) in [5.41, 5.74) is 7.26. The Morgan fingerprint density at radius 1 is 1.26 bits per heavy atom. The number of aromatic nitrogens is 1. The first-order chi connectivity index (χ1) is 13.1. The maximum Gasteiger partial charge on any atom is 0.257 e. The molecule has 2 atom stereocenters. The SMILES string of the molecule is N=C(N)N1C[C@@H]2CN=C(NC(=O)c3ccccc3)S[C@@]2(c2ccccn2)C1. The van der Waals surface area contributed by atoms with Gasteiger partial charge in [0, 0.05) is 37.3 Å². The molecule has 1 amide bonds. The second kappa shape index (κ2) is 7.03. The quantitative estimate of drug-likeness (QED) is 0.542. The van der Waals surface area contributed by atoms with Crippen LogP contribution in [0.25, 0.3) is 0 Å². The number of nitrogens with one attached hydrogen (secondary N) is 2. The van der Waals surface area contributed by atoms with Gasteiger partial charge in [0.1, 0.15) is 0 Å². The Balaban J connectivity index is 1.62. The van der Waals surface area contributed by atoms with Crippen LogP contribution >= 0.6 is 11.8 Å². The molecular weight excluding hydrogens is 360 g/mol. The van der Waals surface area contributed by atoms with Gasteiger partial charge in [-0.15, -0.1) is 0 Å². The second-order valence-corrected chi connectivity index (χ2v) is 7.95. The number of benzene rings is 1. The fraction of sp³-hybridized carbons (Fsp3) is 0.263. The molecule has 1 aromatic carbocycles. The van der Waals surface area contributed by atoms with Gasteiger partial charge in [-0.1, -0.05) is 36.0 Å². The number of likely N-dealkylation sites (tertiary alicyclic amines) is 1. The van der Waals surface area contributed by atoms with Gasteiger partial charge in [-0.25, -0.2) is 0 Å². The van der Waals surface area contributed by atoms with Crippen molar-refractivity contribution in [2.45, 2.75) is 4.75 Å². The van der Waals surface area contributed by atoms with Crippen LogP contribution in [0.2, 0.25) is 0 Å². The minimum absolute atomic E-state index is 0.0511. The van der Waals surface area contributed by atoms with Gasteiger partial charge in [0.05, 0.1) is 10.4 Å². The Hall–Kier alpha value is -2.87. The number of thioether (sulfide) groups is 1. The third kappa shape index (κ3) is 3.28. The van der Waals surface area contributed by atoms with Crippen molar-refractivity contribution in [1.82, 2.24) is 15.2 Å². The largest absolute Gasteiger partial charge is 0.370 e. The molecule has 2 aromatic rings. The van der Waals surface area contributed by atoms with Gasteiger partial charge in [0.2, 0.25) is 0 Å². The van der Waals surface area contributed by atoms with E-state index in [1.165, 1.54) is 11.8 Å². The molecule has 2 aliphatic rings. The van der Waals surface area contributed by atoms with Crippen LogP contribution in [0, 0.1) is 11.3 Å². The maximum atomic E-state index is 12.5. The van der Waals surface area contributed by atoms with Gasteiger partial charge in [-0.3, -0.25) is 20.2 Å². The minimum Gasteiger partial charge on any atom is -0.370 e. The Kier molecular flexibility index (Phi) is 4.57. The van der Waals surface area contributed by atoms with Gasteiger partial charge in [0.15, 0.2) is 11.1 Å². The fourth-order valence-corrected chi connectivity index (χ4v) is 4.96. The Labute approximate surface area is 161 Å². The Bertz CT molecular complexity index is 888. The van der Waals surface area contributed by atoms with Gasteiger partial charge >= 0.3 is 0 Å². The average molecular weight is 380 g/mol. The average Bonchev–Trinajstić information content (AvgIpc) is 3.10. The Morgan fingerprint density at radius 3 is 2.74 bits per heavy atom. The number of hydrogen-bond donors (Lipinski definition) is 3. The van der Waals surface area contributed by atoms with E-state index in [2.05, 4.69) is 15.3 Å². The zero-order valence-corrected chi connectivity index (χ0v) is 15.4. The summed E-state index contributed by atoms with van der Waals surface area (Å²) < 4.78 is -0.395. The lowest BCUT2D eigenvalue weighted by atomic mass is 9.91. The highest BCUT2D eigenvalue weighted by Gasteiger charge is 2.52. The zero-order chi connectivity index (χ0) is 18.9. The van der Waals surface area contributed by atoms with Crippen LogP contribution in [0.4, 0.5) is 0 Å². The molecule has 0 aliphatic carbocycles. The van der Waals surface area contributed by atoms with Crippen LogP contribution < -0.4 is 11.1 Å². The smallest absolute Gasteiger partial charge is 0.257 e. The normalized spacial score (nSPS) is 24.1. The molecule has 0 spiro atoms. The first-order valence-electron chi connectivity index (χ1n) is 8.69. The number of carbonyl (C=O) groups is 1. The number of nitrogens with zero attached hydrogens (tertiary/aromatic N) is 3. The molecule has 7 nitrogen and oxygen atoms in total. The predicted molar refractivity (Wildman–Crippen MR) is 107 cm³/mol. The van der Waals surface area contributed by atoms with Crippen LogP contribution in [0.3, 0.4) is 0 Å². The summed E-state index contributed by atoms with van der Waals surface area (Å²) in [7, 11) is 0. The molecule has 4 rings (SSSR count). The van der Waals surface area contributed by atoms with Crippen LogP contribution in [0.15, 0.2) is 59.7 Å². The van der Waals surface area contributed by atoms with E-state index in [1.807, 2.05) is 41.3 Å². The number of pyridine rings is 1. The lowest BCUT2D eigenvalue weighted by Gasteiger charge is -2.36. The molecule has 27 heavy (non-hydrogen) atoms. The van der Waals surface area contributed by atoms with Crippen LogP contribution in [0.1, 0.15) is 16.1 Å². The van der Waals surface area contributed by atoms with E-state index >= 15 is 0 Å². The Morgan fingerprint density at radius 2 is 2.04 bits per heavy atom. The molecule has 4 N–H and O–H groups in total. The third-order valence-corrected chi connectivity index (χ3v) is 6.42. The molecular formula is C19H20N6OS. The van der Waals surface area contributed by atoms with E-state index in [-0.39, 0.29) is 17.8 Å². The summed E-state index contributed by atoms with van der Waals surface area (Å²) in [6.45, 7) is 1.77. The molecule has 1 fully saturated rings. The maximum absolute atomic E-state index is 12.5. The van der Waals surface area contributed by atoms with Crippen molar-refractivity contribution in [2.24, 2.45) is 16.6 Å². The summed E-state index contributed by atoms with van der Waals surface area (Å²) in [4.78, 5) is 23.5. The number of amidine groups is 1. The summed E-state index contributed by atoms with van der Waals surface area (Å²) in [6.07, 6.45) is 1.77. The van der Waals surface area contributed by atoms with E-state index < -0.39 is 4.75 Å². The third-order valence-electron chi connectivity index (χ3n) is 4.96. The van der Waals surface area contributed by atoms with Crippen LogP contribution in [-0.2, 0) is 4.75 Å². The number of fused-ring (bicyclic) bond motifs is 1. The highest BCUT2D eigenvalue weighted by molar-refractivity contribution is 8.14. The van der Waals surface area contributed by atoms with Crippen molar-refractivity contribution in [3.05, 3.63) is 66.0 Å². The van der Waals surface area contributed by atoms with E-state index in [9.17, 15) is 4.79 Å². The van der Waals surface area contributed by atoms with Crippen molar-refractivity contribution < 1.29 is 4.79 Å².